The first-order chi connectivity index (χ1) is 8.34. The zero-order valence-corrected chi connectivity index (χ0v) is 11.7. The molecule has 3 heteroatoms. The second-order valence-electron chi connectivity index (χ2n) is 5.25. The summed E-state index contributed by atoms with van der Waals surface area (Å²) in [5.41, 5.74) is 3.11. The van der Waals surface area contributed by atoms with Crippen LogP contribution >= 0.6 is 12.4 Å². The van der Waals surface area contributed by atoms with Crippen LogP contribution in [0.25, 0.3) is 0 Å². The molecule has 1 heterocycles. The molecular formula is C15H21ClN2. The number of rotatable bonds is 2. The molecule has 1 aromatic carbocycles. The van der Waals surface area contributed by atoms with Gasteiger partial charge in [0.2, 0.25) is 0 Å². The van der Waals surface area contributed by atoms with Crippen LogP contribution in [-0.2, 0) is 6.42 Å². The van der Waals surface area contributed by atoms with E-state index in [0.717, 1.165) is 25.4 Å². The first-order valence-corrected chi connectivity index (χ1v) is 6.69. The van der Waals surface area contributed by atoms with Crippen LogP contribution in [-0.4, -0.2) is 18.9 Å². The number of hydrogen-bond acceptors (Lipinski definition) is 2. The zero-order valence-electron chi connectivity index (χ0n) is 10.9. The van der Waals surface area contributed by atoms with E-state index in [1.165, 1.54) is 18.7 Å². The highest BCUT2D eigenvalue weighted by molar-refractivity contribution is 5.85. The van der Waals surface area contributed by atoms with E-state index in [-0.39, 0.29) is 12.4 Å². The van der Waals surface area contributed by atoms with Crippen LogP contribution in [0.4, 0.5) is 0 Å². The molecule has 0 aromatic heterocycles. The third-order valence-corrected chi connectivity index (χ3v) is 4.24. The molecule has 0 spiro atoms. The number of aliphatic imine (C=N–C) groups is 1. The molecule has 98 valence electrons. The Morgan fingerprint density at radius 3 is 2.94 bits per heavy atom. The molecule has 2 aliphatic rings. The smallest absolute Gasteiger partial charge is 0.0967 e. The van der Waals surface area contributed by atoms with E-state index < -0.39 is 0 Å². The SMILES string of the molecule is C[C@@H]1c2ccccc2CC[C@@H]1CC1=NCCN1.Cl. The Balaban J connectivity index is 0.00000120. The number of aryl methyl sites for hydroxylation is 1. The standard InChI is InChI=1S/C15H20N2.ClH/c1-11-13(10-15-16-8-9-17-15)7-6-12-4-2-3-5-14(11)12;/h2-5,11,13H,6-10H2,1H3,(H,16,17);1H/t11-,13+;/m0./s1. The summed E-state index contributed by atoms with van der Waals surface area (Å²) in [5.74, 6) is 2.67. The van der Waals surface area contributed by atoms with Crippen molar-refractivity contribution < 1.29 is 0 Å². The van der Waals surface area contributed by atoms with Crippen molar-refractivity contribution in [2.75, 3.05) is 13.1 Å². The van der Waals surface area contributed by atoms with E-state index in [2.05, 4.69) is 41.5 Å². The molecule has 0 unspecified atom stereocenters. The Morgan fingerprint density at radius 2 is 2.17 bits per heavy atom. The van der Waals surface area contributed by atoms with Gasteiger partial charge in [0.1, 0.15) is 0 Å². The fourth-order valence-electron chi connectivity index (χ4n) is 3.16. The van der Waals surface area contributed by atoms with Gasteiger partial charge < -0.3 is 5.32 Å². The Morgan fingerprint density at radius 1 is 1.33 bits per heavy atom. The number of halogens is 1. The van der Waals surface area contributed by atoms with Crippen molar-refractivity contribution in [1.29, 1.82) is 0 Å². The van der Waals surface area contributed by atoms with Gasteiger partial charge in [0, 0.05) is 13.0 Å². The van der Waals surface area contributed by atoms with Crippen LogP contribution in [0.15, 0.2) is 29.3 Å². The van der Waals surface area contributed by atoms with E-state index in [1.807, 2.05) is 0 Å². The summed E-state index contributed by atoms with van der Waals surface area (Å²) < 4.78 is 0. The molecule has 2 nitrogen and oxygen atoms in total. The largest absolute Gasteiger partial charge is 0.372 e. The number of nitrogens with zero attached hydrogens (tertiary/aromatic N) is 1. The van der Waals surface area contributed by atoms with Gasteiger partial charge >= 0.3 is 0 Å². The Kier molecular flexibility index (Phi) is 4.28. The molecule has 0 fully saturated rings. The molecule has 1 aromatic rings. The second kappa shape index (κ2) is 5.75. The summed E-state index contributed by atoms with van der Waals surface area (Å²) >= 11 is 0. The second-order valence-corrected chi connectivity index (χ2v) is 5.25. The van der Waals surface area contributed by atoms with Gasteiger partial charge in [-0.15, -0.1) is 12.4 Å². The number of benzene rings is 1. The van der Waals surface area contributed by atoms with Gasteiger partial charge in [-0.3, -0.25) is 4.99 Å². The number of hydrogen-bond donors (Lipinski definition) is 1. The highest BCUT2D eigenvalue weighted by atomic mass is 35.5. The average molecular weight is 265 g/mol. The molecule has 0 bridgehead atoms. The maximum Gasteiger partial charge on any atom is 0.0967 e. The van der Waals surface area contributed by atoms with Crippen molar-refractivity contribution in [2.45, 2.75) is 32.1 Å². The predicted molar refractivity (Wildman–Crippen MR) is 78.8 cm³/mol. The molecule has 0 saturated heterocycles. The minimum Gasteiger partial charge on any atom is -0.372 e. The molecule has 1 aliphatic heterocycles. The lowest BCUT2D eigenvalue weighted by molar-refractivity contribution is 0.402. The Labute approximate surface area is 115 Å². The van der Waals surface area contributed by atoms with E-state index in [1.54, 1.807) is 11.1 Å². The summed E-state index contributed by atoms with van der Waals surface area (Å²) in [6.45, 7) is 4.37. The molecule has 0 amide bonds. The summed E-state index contributed by atoms with van der Waals surface area (Å²) in [5, 5.41) is 3.40. The molecule has 1 N–H and O–H groups in total. The van der Waals surface area contributed by atoms with Crippen LogP contribution in [0.2, 0.25) is 0 Å². The van der Waals surface area contributed by atoms with Crippen molar-refractivity contribution in [3.05, 3.63) is 35.4 Å². The zero-order chi connectivity index (χ0) is 11.7. The molecule has 2 atom stereocenters. The fourth-order valence-corrected chi connectivity index (χ4v) is 3.16. The topological polar surface area (TPSA) is 24.4 Å². The molecule has 0 radical (unpaired) electrons. The summed E-state index contributed by atoms with van der Waals surface area (Å²) in [6.07, 6.45) is 3.67. The molecule has 1 aliphatic carbocycles. The van der Waals surface area contributed by atoms with E-state index in [4.69, 9.17) is 0 Å². The van der Waals surface area contributed by atoms with Crippen LogP contribution < -0.4 is 5.32 Å². The molecule has 18 heavy (non-hydrogen) atoms. The lowest BCUT2D eigenvalue weighted by atomic mass is 9.74. The van der Waals surface area contributed by atoms with E-state index >= 15 is 0 Å². The minimum absolute atomic E-state index is 0. The normalized spacial score (nSPS) is 25.7. The first kappa shape index (κ1) is 13.4. The summed E-state index contributed by atoms with van der Waals surface area (Å²) in [7, 11) is 0. The minimum atomic E-state index is 0. The van der Waals surface area contributed by atoms with Gasteiger partial charge in [-0.05, 0) is 35.8 Å². The Hall–Kier alpha value is -1.02. The van der Waals surface area contributed by atoms with Crippen molar-refractivity contribution in [3.63, 3.8) is 0 Å². The van der Waals surface area contributed by atoms with Crippen LogP contribution in [0.3, 0.4) is 0 Å². The summed E-state index contributed by atoms with van der Waals surface area (Å²) in [4.78, 5) is 4.53. The number of fused-ring (bicyclic) bond motifs is 1. The third kappa shape index (κ3) is 2.54. The first-order valence-electron chi connectivity index (χ1n) is 6.69. The van der Waals surface area contributed by atoms with Gasteiger partial charge in [-0.25, -0.2) is 0 Å². The summed E-state index contributed by atoms with van der Waals surface area (Å²) in [6, 6.07) is 8.92. The predicted octanol–water partition coefficient (Wildman–Crippen LogP) is 3.17. The maximum absolute atomic E-state index is 4.53. The lowest BCUT2D eigenvalue weighted by Gasteiger charge is -2.31. The molecular weight excluding hydrogens is 244 g/mol. The monoisotopic (exact) mass is 264 g/mol. The van der Waals surface area contributed by atoms with Crippen LogP contribution in [0, 0.1) is 5.92 Å². The van der Waals surface area contributed by atoms with Crippen molar-refractivity contribution in [2.24, 2.45) is 10.9 Å². The quantitative estimate of drug-likeness (QED) is 0.872. The van der Waals surface area contributed by atoms with E-state index in [9.17, 15) is 0 Å². The van der Waals surface area contributed by atoms with Gasteiger partial charge in [0.05, 0.1) is 12.4 Å². The van der Waals surface area contributed by atoms with Crippen molar-refractivity contribution in [1.82, 2.24) is 5.32 Å². The van der Waals surface area contributed by atoms with Gasteiger partial charge in [0.15, 0.2) is 0 Å². The maximum atomic E-state index is 4.53. The average Bonchev–Trinajstić information content (AvgIpc) is 2.86. The Bertz CT molecular complexity index is 442. The number of amidine groups is 1. The van der Waals surface area contributed by atoms with Crippen molar-refractivity contribution >= 4 is 18.2 Å². The fraction of sp³-hybridized carbons (Fsp3) is 0.533. The van der Waals surface area contributed by atoms with Crippen molar-refractivity contribution in [3.8, 4) is 0 Å². The highest BCUT2D eigenvalue weighted by Gasteiger charge is 2.27. The molecule has 3 rings (SSSR count). The molecule has 0 saturated carbocycles. The number of nitrogens with one attached hydrogen (secondary N) is 1. The van der Waals surface area contributed by atoms with Gasteiger partial charge in [-0.2, -0.15) is 0 Å². The highest BCUT2D eigenvalue weighted by Crippen LogP contribution is 2.37. The van der Waals surface area contributed by atoms with Crippen LogP contribution in [0.1, 0.15) is 36.8 Å². The van der Waals surface area contributed by atoms with Gasteiger partial charge in [-0.1, -0.05) is 31.2 Å². The van der Waals surface area contributed by atoms with E-state index in [0.29, 0.717) is 5.92 Å². The lowest BCUT2D eigenvalue weighted by Crippen LogP contribution is -2.26. The third-order valence-electron chi connectivity index (χ3n) is 4.24. The van der Waals surface area contributed by atoms with Gasteiger partial charge in [0.25, 0.3) is 0 Å². The van der Waals surface area contributed by atoms with Crippen LogP contribution in [0.5, 0.6) is 0 Å².